The number of fused-ring (bicyclic) bond motifs is 1. The SMILES string of the molecule is N#COc1ccc2cc(N=C=O)ccc2c1. The summed E-state index contributed by atoms with van der Waals surface area (Å²) in [4.78, 5) is 13.6. The zero-order chi connectivity index (χ0) is 11.4. The maximum atomic E-state index is 10.1. The van der Waals surface area contributed by atoms with Gasteiger partial charge in [-0.15, -0.1) is 5.26 Å². The molecule has 0 atom stereocenters. The van der Waals surface area contributed by atoms with Crippen LogP contribution in [-0.2, 0) is 4.79 Å². The van der Waals surface area contributed by atoms with E-state index >= 15 is 0 Å². The molecule has 16 heavy (non-hydrogen) atoms. The lowest BCUT2D eigenvalue weighted by Crippen LogP contribution is -1.81. The Kier molecular flexibility index (Phi) is 2.64. The normalized spacial score (nSPS) is 9.19. The minimum absolute atomic E-state index is 0.488. The molecule has 2 aromatic carbocycles. The summed E-state index contributed by atoms with van der Waals surface area (Å²) in [6, 6.07) is 10.5. The third-order valence-electron chi connectivity index (χ3n) is 2.13. The van der Waals surface area contributed by atoms with Crippen molar-refractivity contribution in [2.75, 3.05) is 0 Å². The molecule has 0 bridgehead atoms. The van der Waals surface area contributed by atoms with Gasteiger partial charge in [0.25, 0.3) is 6.26 Å². The van der Waals surface area contributed by atoms with Crippen molar-refractivity contribution in [1.82, 2.24) is 0 Å². The fraction of sp³-hybridized carbons (Fsp3) is 0. The molecule has 2 aromatic rings. The molecule has 0 aromatic heterocycles. The summed E-state index contributed by atoms with van der Waals surface area (Å²) < 4.78 is 4.71. The lowest BCUT2D eigenvalue weighted by atomic mass is 10.1. The van der Waals surface area contributed by atoms with E-state index in [1.165, 1.54) is 6.08 Å². The first-order chi connectivity index (χ1) is 7.83. The number of aliphatic imine (C=N–C) groups is 1. The number of ether oxygens (including phenoxy) is 1. The van der Waals surface area contributed by atoms with Crippen molar-refractivity contribution >= 4 is 22.5 Å². The minimum atomic E-state index is 0.488. The van der Waals surface area contributed by atoms with Gasteiger partial charge in [-0.05, 0) is 35.0 Å². The lowest BCUT2D eigenvalue weighted by molar-refractivity contribution is 0.508. The number of rotatable bonds is 2. The van der Waals surface area contributed by atoms with Crippen LogP contribution in [0.1, 0.15) is 0 Å². The van der Waals surface area contributed by atoms with Crippen molar-refractivity contribution in [3.63, 3.8) is 0 Å². The lowest BCUT2D eigenvalue weighted by Gasteiger charge is -2.00. The van der Waals surface area contributed by atoms with E-state index in [0.29, 0.717) is 11.4 Å². The molecular formula is C12H6N2O2. The van der Waals surface area contributed by atoms with Crippen LogP contribution in [0.5, 0.6) is 5.75 Å². The van der Waals surface area contributed by atoms with Crippen molar-refractivity contribution in [3.8, 4) is 12.0 Å². The first kappa shape index (κ1) is 9.91. The van der Waals surface area contributed by atoms with Crippen molar-refractivity contribution in [3.05, 3.63) is 36.4 Å². The second-order valence-electron chi connectivity index (χ2n) is 3.09. The Morgan fingerprint density at radius 1 is 1.12 bits per heavy atom. The zero-order valence-corrected chi connectivity index (χ0v) is 8.18. The van der Waals surface area contributed by atoms with Crippen LogP contribution in [0.4, 0.5) is 5.69 Å². The molecule has 2 rings (SSSR count). The summed E-state index contributed by atoms with van der Waals surface area (Å²) >= 11 is 0. The van der Waals surface area contributed by atoms with Crippen LogP contribution in [0.25, 0.3) is 10.8 Å². The van der Waals surface area contributed by atoms with Crippen LogP contribution in [0.2, 0.25) is 0 Å². The van der Waals surface area contributed by atoms with Crippen molar-refractivity contribution in [2.24, 2.45) is 4.99 Å². The van der Waals surface area contributed by atoms with Gasteiger partial charge in [-0.2, -0.15) is 4.99 Å². The minimum Gasteiger partial charge on any atom is -0.388 e. The van der Waals surface area contributed by atoms with E-state index in [4.69, 9.17) is 10.00 Å². The van der Waals surface area contributed by atoms with Gasteiger partial charge in [0.15, 0.2) is 0 Å². The van der Waals surface area contributed by atoms with Gasteiger partial charge in [0, 0.05) is 0 Å². The van der Waals surface area contributed by atoms with Gasteiger partial charge in [0.1, 0.15) is 5.75 Å². The van der Waals surface area contributed by atoms with Crippen LogP contribution in [0.15, 0.2) is 41.4 Å². The van der Waals surface area contributed by atoms with Crippen molar-refractivity contribution < 1.29 is 9.53 Å². The topological polar surface area (TPSA) is 62.4 Å². The molecule has 0 radical (unpaired) electrons. The van der Waals surface area contributed by atoms with Gasteiger partial charge in [-0.3, -0.25) is 0 Å². The van der Waals surface area contributed by atoms with Crippen molar-refractivity contribution in [2.45, 2.75) is 0 Å². The quantitative estimate of drug-likeness (QED) is 0.435. The van der Waals surface area contributed by atoms with Gasteiger partial charge in [-0.1, -0.05) is 12.1 Å². The molecule has 0 saturated carbocycles. The Morgan fingerprint density at radius 2 is 1.88 bits per heavy atom. The van der Waals surface area contributed by atoms with Crippen LogP contribution < -0.4 is 4.74 Å². The number of hydrogen-bond donors (Lipinski definition) is 0. The molecule has 0 heterocycles. The number of nitrogens with zero attached hydrogens (tertiary/aromatic N) is 2. The van der Waals surface area contributed by atoms with E-state index in [9.17, 15) is 4.79 Å². The van der Waals surface area contributed by atoms with Crippen LogP contribution >= 0.6 is 0 Å². The highest BCUT2D eigenvalue weighted by Gasteiger charge is 1.98. The third-order valence-corrected chi connectivity index (χ3v) is 2.13. The summed E-state index contributed by atoms with van der Waals surface area (Å²) in [7, 11) is 0. The van der Waals surface area contributed by atoms with E-state index in [-0.39, 0.29) is 0 Å². The van der Waals surface area contributed by atoms with E-state index in [1.807, 2.05) is 0 Å². The Labute approximate surface area is 91.4 Å². The number of nitriles is 1. The molecule has 0 aliphatic rings. The molecule has 0 saturated heterocycles. The van der Waals surface area contributed by atoms with Gasteiger partial charge >= 0.3 is 0 Å². The molecule has 0 amide bonds. The molecule has 0 aliphatic heterocycles. The average Bonchev–Trinajstić information content (AvgIpc) is 2.30. The standard InChI is InChI=1S/C12H6N2O2/c13-7-16-12-4-2-9-5-11(14-8-15)3-1-10(9)6-12/h1-6H. The number of benzene rings is 2. The number of carbonyl (C=O) groups excluding carboxylic acids is 1. The van der Waals surface area contributed by atoms with E-state index in [0.717, 1.165) is 10.8 Å². The second kappa shape index (κ2) is 4.26. The maximum absolute atomic E-state index is 10.1. The van der Waals surface area contributed by atoms with Crippen LogP contribution in [0.3, 0.4) is 0 Å². The van der Waals surface area contributed by atoms with E-state index < -0.39 is 0 Å². The van der Waals surface area contributed by atoms with Gasteiger partial charge in [0.05, 0.1) is 5.69 Å². The molecule has 4 heteroatoms. The summed E-state index contributed by atoms with van der Waals surface area (Å²) in [6.45, 7) is 0. The number of hydrogen-bond acceptors (Lipinski definition) is 4. The van der Waals surface area contributed by atoms with E-state index in [2.05, 4.69) is 4.99 Å². The Balaban J connectivity index is 2.53. The monoisotopic (exact) mass is 210 g/mol. The average molecular weight is 210 g/mol. The summed E-state index contributed by atoms with van der Waals surface area (Å²) in [5.41, 5.74) is 0.552. The highest BCUT2D eigenvalue weighted by molar-refractivity contribution is 5.86. The number of isocyanates is 1. The molecule has 0 spiro atoms. The first-order valence-electron chi connectivity index (χ1n) is 4.51. The molecule has 4 nitrogen and oxygen atoms in total. The molecule has 0 unspecified atom stereocenters. The van der Waals surface area contributed by atoms with Crippen molar-refractivity contribution in [1.29, 1.82) is 5.26 Å². The molecule has 0 aliphatic carbocycles. The Hall–Kier alpha value is -2.63. The predicted octanol–water partition coefficient (Wildman–Crippen LogP) is 2.67. The summed E-state index contributed by atoms with van der Waals surface area (Å²) in [5, 5.41) is 10.2. The second-order valence-corrected chi connectivity index (χ2v) is 3.09. The first-order valence-corrected chi connectivity index (χ1v) is 4.51. The fourth-order valence-corrected chi connectivity index (χ4v) is 1.45. The molecule has 76 valence electrons. The van der Waals surface area contributed by atoms with Gasteiger partial charge in [0.2, 0.25) is 6.08 Å². The highest BCUT2D eigenvalue weighted by atomic mass is 16.5. The molecular weight excluding hydrogens is 204 g/mol. The van der Waals surface area contributed by atoms with Crippen LogP contribution in [0, 0.1) is 11.5 Å². The zero-order valence-electron chi connectivity index (χ0n) is 8.18. The summed E-state index contributed by atoms with van der Waals surface area (Å²) in [6.07, 6.45) is 3.10. The Bertz CT molecular complexity index is 622. The maximum Gasteiger partial charge on any atom is 0.292 e. The smallest absolute Gasteiger partial charge is 0.292 e. The van der Waals surface area contributed by atoms with Gasteiger partial charge in [-0.25, -0.2) is 4.79 Å². The van der Waals surface area contributed by atoms with E-state index in [1.54, 1.807) is 42.7 Å². The predicted molar refractivity (Wildman–Crippen MR) is 58.0 cm³/mol. The van der Waals surface area contributed by atoms with Gasteiger partial charge < -0.3 is 4.74 Å². The third kappa shape index (κ3) is 1.90. The fourth-order valence-electron chi connectivity index (χ4n) is 1.45. The molecule has 0 N–H and O–H groups in total. The van der Waals surface area contributed by atoms with Crippen LogP contribution in [-0.4, -0.2) is 6.08 Å². The summed E-state index contributed by atoms with van der Waals surface area (Å²) in [5.74, 6) is 0.488. The Morgan fingerprint density at radius 3 is 2.62 bits per heavy atom. The highest BCUT2D eigenvalue weighted by Crippen LogP contribution is 2.24. The molecule has 0 fully saturated rings. The largest absolute Gasteiger partial charge is 0.388 e.